The lowest BCUT2D eigenvalue weighted by molar-refractivity contribution is 0.249. The van der Waals surface area contributed by atoms with Gasteiger partial charge in [0.1, 0.15) is 16.3 Å². The van der Waals surface area contributed by atoms with E-state index in [-0.39, 0.29) is 11.1 Å². The Labute approximate surface area is 458 Å². The first-order valence-electron chi connectivity index (χ1n) is 25.8. The lowest BCUT2D eigenvalue weighted by Gasteiger charge is -2.35. The molecule has 2 N–H and O–H groups in total. The van der Waals surface area contributed by atoms with E-state index in [1.807, 2.05) is 111 Å². The van der Waals surface area contributed by atoms with E-state index in [4.69, 9.17) is 26.6 Å². The Balaban J connectivity index is 0.656. The van der Waals surface area contributed by atoms with Crippen molar-refractivity contribution in [3.05, 3.63) is 164 Å². The molecule has 0 aliphatic carbocycles. The Bertz CT molecular complexity index is 3870. The lowest BCUT2D eigenvalue weighted by atomic mass is 10.0. The number of nitrogens with zero attached hydrogens (tertiary/aromatic N) is 12. The fourth-order valence-corrected chi connectivity index (χ4v) is 12.1. The smallest absolute Gasteiger partial charge is 0.260 e. The number of hydrogen-bond donors (Lipinski definition) is 2. The van der Waals surface area contributed by atoms with Crippen LogP contribution in [0.25, 0.3) is 65.2 Å². The SMILES string of the molecule is CCn1c(=O)c(-c2ccc(-c3cncs3)cc2)cc2cnc(Nc3ccc(N4CCN(Cc5ncc(-c6ccc(-c7cc8cnc(Nc9ccc(N%10CCN(C)CC%10)cc9)nc8n(CC)c7=O)c(Cl)c6)s5)CC4)cc3)nc21. The summed E-state index contributed by atoms with van der Waals surface area (Å²) >= 11 is 10.3. The summed E-state index contributed by atoms with van der Waals surface area (Å²) in [6.45, 7) is 13.2. The Morgan fingerprint density at radius 2 is 1.10 bits per heavy atom. The summed E-state index contributed by atoms with van der Waals surface area (Å²) in [6, 6.07) is 34.2. The molecule has 19 heteroatoms. The molecule has 2 aliphatic rings. The highest BCUT2D eigenvalue weighted by Gasteiger charge is 2.22. The minimum Gasteiger partial charge on any atom is -0.369 e. The van der Waals surface area contributed by atoms with E-state index in [9.17, 15) is 9.59 Å². The first-order chi connectivity index (χ1) is 37.6. The normalized spacial score (nSPS) is 14.4. The average molecular weight is 1080 g/mol. The fourth-order valence-electron chi connectivity index (χ4n) is 10.2. The number of hydrogen-bond acceptors (Lipinski definition) is 16. The summed E-state index contributed by atoms with van der Waals surface area (Å²) in [5.74, 6) is 0.849. The molecule has 8 heterocycles. The first-order valence-corrected chi connectivity index (χ1v) is 27.9. The summed E-state index contributed by atoms with van der Waals surface area (Å²) in [5.41, 5.74) is 11.4. The fraction of sp³-hybridized carbons (Fsp3) is 0.241. The van der Waals surface area contributed by atoms with Crippen molar-refractivity contribution in [2.24, 2.45) is 0 Å². The number of pyridine rings is 2. The zero-order valence-electron chi connectivity index (χ0n) is 42.9. The number of benzene rings is 4. The molecular weight excluding hydrogens is 1020 g/mol. The largest absolute Gasteiger partial charge is 0.369 e. The number of fused-ring (bicyclic) bond motifs is 2. The van der Waals surface area contributed by atoms with E-state index in [2.05, 4.69) is 76.5 Å². The number of likely N-dealkylation sites (N-methyl/N-ethyl adjacent to an activating group) is 1. The summed E-state index contributed by atoms with van der Waals surface area (Å²) in [7, 11) is 2.16. The minimum absolute atomic E-state index is 0.0913. The summed E-state index contributed by atoms with van der Waals surface area (Å²) in [5, 5.41) is 9.74. The van der Waals surface area contributed by atoms with Gasteiger partial charge in [-0.1, -0.05) is 48.0 Å². The average Bonchev–Trinajstić information content (AvgIpc) is 4.19. The molecule has 0 spiro atoms. The number of thiazole rings is 2. The minimum atomic E-state index is -0.162. The maximum Gasteiger partial charge on any atom is 0.260 e. The van der Waals surface area contributed by atoms with Crippen LogP contribution in [-0.4, -0.2) is 108 Å². The second-order valence-corrected chi connectivity index (χ2v) is 21.7. The van der Waals surface area contributed by atoms with Crippen molar-refractivity contribution in [2.75, 3.05) is 79.8 Å². The zero-order valence-corrected chi connectivity index (χ0v) is 45.2. The maximum absolute atomic E-state index is 14.1. The van der Waals surface area contributed by atoms with Crippen LogP contribution in [0.4, 0.5) is 34.6 Å². The van der Waals surface area contributed by atoms with Crippen molar-refractivity contribution in [2.45, 2.75) is 33.5 Å². The molecule has 10 aromatic rings. The van der Waals surface area contributed by atoms with E-state index < -0.39 is 0 Å². The van der Waals surface area contributed by atoms with E-state index in [0.717, 1.165) is 118 Å². The van der Waals surface area contributed by atoms with E-state index in [1.165, 1.54) is 5.69 Å². The van der Waals surface area contributed by atoms with Gasteiger partial charge in [-0.15, -0.1) is 22.7 Å². The van der Waals surface area contributed by atoms with Crippen molar-refractivity contribution >= 4 is 91.0 Å². The molecular formula is C58H55ClN14O2S2. The van der Waals surface area contributed by atoms with E-state index >= 15 is 0 Å². The standard InChI is InChI=1S/C58H55ClN14O2S2/c1-4-72-53-40(28-47(55(72)74)37-6-8-38(9-7-37)50-33-60-36-76-50)31-62-57(66-53)64-43-13-17-45(18-14-43)71-26-22-69(23-27-71)35-52-61-34-51(77-52)39-10-19-46(49(59)30-39)48-29-41-32-63-58(67-54(41)73(5-2)56(48)75)65-42-11-15-44(16-12-42)70-24-20-68(3)21-25-70/h6-19,28-34,36H,4-5,20-27,35H2,1-3H3,(H,62,64,66)(H,63,65,67). The molecule has 16 nitrogen and oxygen atoms in total. The predicted octanol–water partition coefficient (Wildman–Crippen LogP) is 10.7. The number of anilines is 6. The van der Waals surface area contributed by atoms with Crippen LogP contribution in [0.5, 0.6) is 0 Å². The quantitative estimate of drug-likeness (QED) is 0.106. The van der Waals surface area contributed by atoms with Crippen LogP contribution in [0, 0.1) is 0 Å². The molecule has 0 bridgehead atoms. The molecule has 388 valence electrons. The molecule has 0 unspecified atom stereocenters. The highest BCUT2D eigenvalue weighted by molar-refractivity contribution is 7.15. The zero-order chi connectivity index (χ0) is 52.6. The Kier molecular flexibility index (Phi) is 14.0. The number of aryl methyl sites for hydroxylation is 2. The van der Waals surface area contributed by atoms with Crippen LogP contribution in [0.1, 0.15) is 18.9 Å². The Morgan fingerprint density at radius 1 is 0.558 bits per heavy atom. The summed E-state index contributed by atoms with van der Waals surface area (Å²) < 4.78 is 3.39. The molecule has 0 amide bonds. The molecule has 2 aliphatic heterocycles. The molecule has 0 saturated carbocycles. The van der Waals surface area contributed by atoms with Crippen molar-refractivity contribution < 1.29 is 0 Å². The molecule has 4 aromatic carbocycles. The van der Waals surface area contributed by atoms with Gasteiger partial charge in [-0.3, -0.25) is 28.6 Å². The molecule has 2 fully saturated rings. The van der Waals surface area contributed by atoms with Gasteiger partial charge in [0, 0.05) is 145 Å². The Hall–Kier alpha value is -7.87. The maximum atomic E-state index is 14.1. The van der Waals surface area contributed by atoms with Gasteiger partial charge in [0.05, 0.1) is 21.8 Å². The summed E-state index contributed by atoms with van der Waals surface area (Å²) in [4.78, 5) is 67.4. The van der Waals surface area contributed by atoms with Crippen molar-refractivity contribution in [1.82, 2.24) is 48.8 Å². The highest BCUT2D eigenvalue weighted by Crippen LogP contribution is 2.35. The molecule has 0 radical (unpaired) electrons. The third kappa shape index (κ3) is 10.4. The topological polar surface area (TPSA) is 158 Å². The molecule has 6 aromatic heterocycles. The van der Waals surface area contributed by atoms with Gasteiger partial charge in [-0.2, -0.15) is 9.97 Å². The Morgan fingerprint density at radius 3 is 1.66 bits per heavy atom. The van der Waals surface area contributed by atoms with Crippen LogP contribution in [0.3, 0.4) is 0 Å². The second kappa shape index (κ2) is 21.6. The number of aromatic nitrogens is 8. The lowest BCUT2D eigenvalue weighted by Crippen LogP contribution is -2.45. The van der Waals surface area contributed by atoms with Crippen molar-refractivity contribution in [3.8, 4) is 43.1 Å². The predicted molar refractivity (Wildman–Crippen MR) is 314 cm³/mol. The molecule has 0 atom stereocenters. The number of halogens is 1. The number of piperazine rings is 2. The van der Waals surface area contributed by atoms with Gasteiger partial charge < -0.3 is 25.3 Å². The number of nitrogens with one attached hydrogen (secondary N) is 2. The van der Waals surface area contributed by atoms with Crippen molar-refractivity contribution in [1.29, 1.82) is 0 Å². The summed E-state index contributed by atoms with van der Waals surface area (Å²) in [6.07, 6.45) is 7.29. The van der Waals surface area contributed by atoms with Crippen molar-refractivity contribution in [3.63, 3.8) is 0 Å². The highest BCUT2D eigenvalue weighted by atomic mass is 35.5. The van der Waals surface area contributed by atoms with Crippen LogP contribution >= 0.6 is 34.3 Å². The van der Waals surface area contributed by atoms with Gasteiger partial charge in [0.25, 0.3) is 11.1 Å². The van der Waals surface area contributed by atoms with Crippen LogP contribution in [-0.2, 0) is 19.6 Å². The van der Waals surface area contributed by atoms with Crippen LogP contribution in [0.2, 0.25) is 5.02 Å². The third-order valence-corrected chi connectivity index (χ3v) is 16.7. The third-order valence-electron chi connectivity index (χ3n) is 14.5. The monoisotopic (exact) mass is 1080 g/mol. The van der Waals surface area contributed by atoms with Gasteiger partial charge >= 0.3 is 0 Å². The number of rotatable bonds is 14. The molecule has 12 rings (SSSR count). The van der Waals surface area contributed by atoms with Crippen LogP contribution in [0.15, 0.2) is 143 Å². The first kappa shape index (κ1) is 50.0. The molecule has 77 heavy (non-hydrogen) atoms. The second-order valence-electron chi connectivity index (χ2n) is 19.3. The van der Waals surface area contributed by atoms with E-state index in [1.54, 1.807) is 44.2 Å². The van der Waals surface area contributed by atoms with Crippen LogP contribution < -0.4 is 31.6 Å². The van der Waals surface area contributed by atoms with Gasteiger partial charge in [-0.05, 0) is 104 Å². The van der Waals surface area contributed by atoms with Gasteiger partial charge in [0.15, 0.2) is 0 Å². The van der Waals surface area contributed by atoms with E-state index in [0.29, 0.717) is 58.0 Å². The van der Waals surface area contributed by atoms with Gasteiger partial charge in [0.2, 0.25) is 11.9 Å². The van der Waals surface area contributed by atoms with Gasteiger partial charge in [-0.25, -0.2) is 15.0 Å². The molecule has 2 saturated heterocycles.